The second-order valence-electron chi connectivity index (χ2n) is 5.70. The van der Waals surface area contributed by atoms with Gasteiger partial charge in [-0.25, -0.2) is 5.43 Å². The topological polar surface area (TPSA) is 123 Å². The molecule has 9 nitrogen and oxygen atoms in total. The van der Waals surface area contributed by atoms with E-state index in [1.165, 1.54) is 25.5 Å². The SMILES string of the molecule is COc1ccc(C=NNC(=O)C(=O)NC2CCCCC2)cc1[N+](=O)[O-]. The Kier molecular flexibility index (Phi) is 6.44. The predicted molar refractivity (Wildman–Crippen MR) is 90.4 cm³/mol. The van der Waals surface area contributed by atoms with Crippen molar-refractivity contribution >= 4 is 23.7 Å². The van der Waals surface area contributed by atoms with Crippen LogP contribution in [0.5, 0.6) is 5.75 Å². The Morgan fingerprint density at radius 1 is 1.28 bits per heavy atom. The van der Waals surface area contributed by atoms with Crippen LogP contribution >= 0.6 is 0 Å². The summed E-state index contributed by atoms with van der Waals surface area (Å²) >= 11 is 0. The molecule has 2 N–H and O–H groups in total. The van der Waals surface area contributed by atoms with Gasteiger partial charge in [-0.3, -0.25) is 19.7 Å². The molecule has 0 heterocycles. The number of amides is 2. The van der Waals surface area contributed by atoms with Crippen molar-refractivity contribution in [2.45, 2.75) is 38.1 Å². The number of benzene rings is 1. The summed E-state index contributed by atoms with van der Waals surface area (Å²) in [5.74, 6) is -1.48. The van der Waals surface area contributed by atoms with Crippen LogP contribution in [0.25, 0.3) is 0 Å². The third-order valence-electron chi connectivity index (χ3n) is 3.93. The molecule has 2 rings (SSSR count). The van der Waals surface area contributed by atoms with Gasteiger partial charge in [-0.15, -0.1) is 0 Å². The van der Waals surface area contributed by atoms with Crippen molar-refractivity contribution in [2.75, 3.05) is 7.11 Å². The number of carbonyl (C=O) groups excluding carboxylic acids is 2. The van der Waals surface area contributed by atoms with Crippen molar-refractivity contribution in [1.82, 2.24) is 10.7 Å². The lowest BCUT2D eigenvalue weighted by atomic mass is 9.95. The van der Waals surface area contributed by atoms with Crippen molar-refractivity contribution in [3.05, 3.63) is 33.9 Å². The Labute approximate surface area is 144 Å². The number of hydrazone groups is 1. The lowest BCUT2D eigenvalue weighted by Crippen LogP contribution is -2.44. The average molecular weight is 348 g/mol. The summed E-state index contributed by atoms with van der Waals surface area (Å²) in [6.07, 6.45) is 6.20. The van der Waals surface area contributed by atoms with Crippen molar-refractivity contribution in [2.24, 2.45) is 5.10 Å². The van der Waals surface area contributed by atoms with Crippen LogP contribution < -0.4 is 15.5 Å². The Bertz CT molecular complexity index is 683. The Balaban J connectivity index is 1.91. The molecule has 1 aliphatic carbocycles. The molecule has 0 aliphatic heterocycles. The van der Waals surface area contributed by atoms with E-state index in [1.54, 1.807) is 6.07 Å². The summed E-state index contributed by atoms with van der Waals surface area (Å²) in [5.41, 5.74) is 2.29. The van der Waals surface area contributed by atoms with Crippen molar-refractivity contribution < 1.29 is 19.2 Å². The van der Waals surface area contributed by atoms with E-state index in [0.717, 1.165) is 32.1 Å². The molecule has 0 aromatic heterocycles. The smallest absolute Gasteiger partial charge is 0.329 e. The first-order valence-electron chi connectivity index (χ1n) is 7.97. The van der Waals surface area contributed by atoms with Crippen molar-refractivity contribution in [3.8, 4) is 5.75 Å². The van der Waals surface area contributed by atoms with Crippen LogP contribution in [0.3, 0.4) is 0 Å². The van der Waals surface area contributed by atoms with Crippen LogP contribution in [0.15, 0.2) is 23.3 Å². The van der Waals surface area contributed by atoms with E-state index >= 15 is 0 Å². The van der Waals surface area contributed by atoms with Gasteiger partial charge in [0.1, 0.15) is 0 Å². The van der Waals surface area contributed by atoms with Gasteiger partial charge in [-0.1, -0.05) is 19.3 Å². The lowest BCUT2D eigenvalue weighted by Gasteiger charge is -2.22. The molecular weight excluding hydrogens is 328 g/mol. The maximum absolute atomic E-state index is 11.8. The third kappa shape index (κ3) is 5.27. The third-order valence-corrected chi connectivity index (χ3v) is 3.93. The zero-order valence-corrected chi connectivity index (χ0v) is 13.9. The molecule has 1 aliphatic rings. The summed E-state index contributed by atoms with van der Waals surface area (Å²) in [4.78, 5) is 33.9. The Morgan fingerprint density at radius 2 is 2.00 bits per heavy atom. The minimum Gasteiger partial charge on any atom is -0.490 e. The van der Waals surface area contributed by atoms with E-state index in [-0.39, 0.29) is 17.5 Å². The normalized spacial score (nSPS) is 14.9. The lowest BCUT2D eigenvalue weighted by molar-refractivity contribution is -0.385. The summed E-state index contributed by atoms with van der Waals surface area (Å²) in [6, 6.07) is 4.26. The number of nitrogens with one attached hydrogen (secondary N) is 2. The molecule has 9 heteroatoms. The Morgan fingerprint density at radius 3 is 2.64 bits per heavy atom. The quantitative estimate of drug-likeness (QED) is 0.361. The van der Waals surface area contributed by atoms with Gasteiger partial charge in [0.25, 0.3) is 0 Å². The van der Waals surface area contributed by atoms with Crippen molar-refractivity contribution in [3.63, 3.8) is 0 Å². The monoisotopic (exact) mass is 348 g/mol. The molecule has 0 spiro atoms. The molecule has 2 amide bonds. The molecule has 1 aromatic rings. The van der Waals surface area contributed by atoms with E-state index < -0.39 is 16.7 Å². The molecule has 0 atom stereocenters. The van der Waals surface area contributed by atoms with E-state index in [0.29, 0.717) is 5.56 Å². The summed E-state index contributed by atoms with van der Waals surface area (Å²) in [5, 5.41) is 17.3. The molecule has 25 heavy (non-hydrogen) atoms. The molecule has 0 saturated heterocycles. The fraction of sp³-hybridized carbons (Fsp3) is 0.438. The molecule has 134 valence electrons. The number of hydrogen-bond acceptors (Lipinski definition) is 6. The van der Waals surface area contributed by atoms with Crippen LogP contribution in [0.4, 0.5) is 5.69 Å². The molecular formula is C16H20N4O5. The van der Waals surface area contributed by atoms with Gasteiger partial charge < -0.3 is 10.1 Å². The molecule has 0 unspecified atom stereocenters. The minimum absolute atomic E-state index is 0.0280. The number of nitrogens with zero attached hydrogens (tertiary/aromatic N) is 2. The first-order valence-corrected chi connectivity index (χ1v) is 7.97. The highest BCUT2D eigenvalue weighted by Crippen LogP contribution is 2.26. The average Bonchev–Trinajstić information content (AvgIpc) is 2.62. The van der Waals surface area contributed by atoms with Crippen LogP contribution in [0, 0.1) is 10.1 Å². The second-order valence-corrected chi connectivity index (χ2v) is 5.70. The minimum atomic E-state index is -0.871. The Hall–Kier alpha value is -2.97. The second kappa shape index (κ2) is 8.76. The standard InChI is InChI=1S/C16H20N4O5/c1-25-14-8-7-11(9-13(14)20(23)24)10-17-19-16(22)15(21)18-12-5-3-2-4-6-12/h7-10,12H,2-6H2,1H3,(H,18,21)(H,19,22). The number of nitro groups is 1. The largest absolute Gasteiger partial charge is 0.490 e. The van der Waals surface area contributed by atoms with Crippen LogP contribution in [-0.2, 0) is 9.59 Å². The van der Waals surface area contributed by atoms with Gasteiger partial charge >= 0.3 is 17.5 Å². The van der Waals surface area contributed by atoms with Gasteiger partial charge in [-0.05, 0) is 25.0 Å². The van der Waals surface area contributed by atoms with Gasteiger partial charge in [0.05, 0.1) is 18.2 Å². The van der Waals surface area contributed by atoms with Crippen LogP contribution in [0.1, 0.15) is 37.7 Å². The molecule has 0 radical (unpaired) electrons. The summed E-state index contributed by atoms with van der Waals surface area (Å²) in [6.45, 7) is 0. The van der Waals surface area contributed by atoms with E-state index in [9.17, 15) is 19.7 Å². The highest BCUT2D eigenvalue weighted by molar-refractivity contribution is 6.35. The maximum atomic E-state index is 11.8. The first kappa shape index (κ1) is 18.4. The fourth-order valence-electron chi connectivity index (χ4n) is 2.64. The molecule has 1 fully saturated rings. The highest BCUT2D eigenvalue weighted by Gasteiger charge is 2.20. The number of ether oxygens (including phenoxy) is 1. The predicted octanol–water partition coefficient (Wildman–Crippen LogP) is 1.50. The number of methoxy groups -OCH3 is 1. The van der Waals surface area contributed by atoms with Crippen molar-refractivity contribution in [1.29, 1.82) is 0 Å². The van der Waals surface area contributed by atoms with E-state index in [4.69, 9.17) is 4.74 Å². The van der Waals surface area contributed by atoms with Crippen LogP contribution in [0.2, 0.25) is 0 Å². The highest BCUT2D eigenvalue weighted by atomic mass is 16.6. The van der Waals surface area contributed by atoms with E-state index in [2.05, 4.69) is 15.8 Å². The summed E-state index contributed by atoms with van der Waals surface area (Å²) in [7, 11) is 1.33. The number of rotatable bonds is 5. The van der Waals surface area contributed by atoms with Gasteiger partial charge in [0, 0.05) is 17.7 Å². The fourth-order valence-corrected chi connectivity index (χ4v) is 2.64. The zero-order chi connectivity index (χ0) is 18.2. The van der Waals surface area contributed by atoms with Crippen LogP contribution in [-0.4, -0.2) is 36.1 Å². The van der Waals surface area contributed by atoms with E-state index in [1.807, 2.05) is 0 Å². The zero-order valence-electron chi connectivity index (χ0n) is 13.9. The van der Waals surface area contributed by atoms with Gasteiger partial charge in [-0.2, -0.15) is 5.10 Å². The van der Waals surface area contributed by atoms with Gasteiger partial charge in [0.2, 0.25) is 0 Å². The first-order chi connectivity index (χ1) is 12.0. The summed E-state index contributed by atoms with van der Waals surface area (Å²) < 4.78 is 4.90. The number of carbonyl (C=O) groups is 2. The molecule has 1 saturated carbocycles. The molecule has 1 aromatic carbocycles. The number of hydrogen-bond donors (Lipinski definition) is 2. The van der Waals surface area contributed by atoms with Gasteiger partial charge in [0.15, 0.2) is 5.75 Å². The number of nitro benzene ring substituents is 1. The maximum Gasteiger partial charge on any atom is 0.329 e. The molecule has 0 bridgehead atoms.